The molecule has 1 aromatic carbocycles. The van der Waals surface area contributed by atoms with E-state index in [-0.39, 0.29) is 17.5 Å². The van der Waals surface area contributed by atoms with Gasteiger partial charge in [-0.25, -0.2) is 0 Å². The standard InChI is InChI=1S/C14H22N2O2/c1-9-5-11(7-15)8-16(9)10(2)13-6-12(17)3-4-14(13)18/h3-4,6,9-11,17-18H,5,7-8,15H2,1-2H3. The smallest absolute Gasteiger partial charge is 0.120 e. The molecule has 0 aliphatic carbocycles. The van der Waals surface area contributed by atoms with Gasteiger partial charge >= 0.3 is 0 Å². The average molecular weight is 250 g/mol. The first-order chi connectivity index (χ1) is 8.52. The zero-order chi connectivity index (χ0) is 13.3. The quantitative estimate of drug-likeness (QED) is 0.716. The Morgan fingerprint density at radius 2 is 2.17 bits per heavy atom. The monoisotopic (exact) mass is 250 g/mol. The van der Waals surface area contributed by atoms with E-state index in [1.807, 2.05) is 0 Å². The van der Waals surface area contributed by atoms with Crippen molar-refractivity contribution in [2.75, 3.05) is 13.1 Å². The van der Waals surface area contributed by atoms with E-state index in [1.165, 1.54) is 6.07 Å². The molecule has 1 saturated heterocycles. The van der Waals surface area contributed by atoms with Gasteiger partial charge in [0.15, 0.2) is 0 Å². The maximum absolute atomic E-state index is 9.91. The predicted molar refractivity (Wildman–Crippen MR) is 71.5 cm³/mol. The van der Waals surface area contributed by atoms with Crippen molar-refractivity contribution in [2.24, 2.45) is 11.7 Å². The Kier molecular flexibility index (Phi) is 3.78. The number of rotatable bonds is 3. The Bertz CT molecular complexity index is 422. The van der Waals surface area contributed by atoms with Gasteiger partial charge in [-0.2, -0.15) is 0 Å². The largest absolute Gasteiger partial charge is 0.508 e. The molecule has 4 nitrogen and oxygen atoms in total. The number of likely N-dealkylation sites (tertiary alicyclic amines) is 1. The van der Waals surface area contributed by atoms with Crippen LogP contribution in [0.2, 0.25) is 0 Å². The van der Waals surface area contributed by atoms with Gasteiger partial charge in [0.1, 0.15) is 11.5 Å². The van der Waals surface area contributed by atoms with Crippen molar-refractivity contribution in [3.8, 4) is 11.5 Å². The number of hydrogen-bond acceptors (Lipinski definition) is 4. The fourth-order valence-electron chi connectivity index (χ4n) is 2.94. The van der Waals surface area contributed by atoms with Crippen molar-refractivity contribution >= 4 is 0 Å². The van der Waals surface area contributed by atoms with Gasteiger partial charge in [-0.05, 0) is 50.9 Å². The number of hydrogen-bond donors (Lipinski definition) is 3. The van der Waals surface area contributed by atoms with Crippen LogP contribution in [0.4, 0.5) is 0 Å². The fraction of sp³-hybridized carbons (Fsp3) is 0.571. The Balaban J connectivity index is 2.20. The highest BCUT2D eigenvalue weighted by Gasteiger charge is 2.32. The lowest BCUT2D eigenvalue weighted by Gasteiger charge is -2.29. The molecule has 0 amide bonds. The molecule has 3 unspecified atom stereocenters. The van der Waals surface area contributed by atoms with E-state index >= 15 is 0 Å². The fourth-order valence-corrected chi connectivity index (χ4v) is 2.94. The summed E-state index contributed by atoms with van der Waals surface area (Å²) in [5, 5.41) is 19.5. The summed E-state index contributed by atoms with van der Waals surface area (Å²) in [7, 11) is 0. The van der Waals surface area contributed by atoms with Crippen LogP contribution < -0.4 is 5.73 Å². The van der Waals surface area contributed by atoms with Gasteiger partial charge in [-0.1, -0.05) is 0 Å². The van der Waals surface area contributed by atoms with Crippen molar-refractivity contribution < 1.29 is 10.2 Å². The van der Waals surface area contributed by atoms with Crippen LogP contribution in [0.1, 0.15) is 31.9 Å². The highest BCUT2D eigenvalue weighted by atomic mass is 16.3. The predicted octanol–water partition coefficient (Wildman–Crippen LogP) is 1.83. The van der Waals surface area contributed by atoms with Crippen molar-refractivity contribution in [1.82, 2.24) is 4.90 Å². The van der Waals surface area contributed by atoms with Crippen LogP contribution in [-0.2, 0) is 0 Å². The first-order valence-electron chi connectivity index (χ1n) is 6.50. The highest BCUT2D eigenvalue weighted by Crippen LogP contribution is 2.36. The molecule has 3 atom stereocenters. The third-order valence-corrected chi connectivity index (χ3v) is 4.00. The molecular formula is C14H22N2O2. The summed E-state index contributed by atoms with van der Waals surface area (Å²) in [5.41, 5.74) is 6.51. The molecule has 0 spiro atoms. The van der Waals surface area contributed by atoms with Crippen molar-refractivity contribution in [1.29, 1.82) is 0 Å². The number of phenolic OH excluding ortho intramolecular Hbond substituents is 2. The van der Waals surface area contributed by atoms with Crippen LogP contribution in [0.5, 0.6) is 11.5 Å². The van der Waals surface area contributed by atoms with Crippen LogP contribution in [0, 0.1) is 5.92 Å². The first-order valence-corrected chi connectivity index (χ1v) is 6.50. The normalized spacial score (nSPS) is 26.4. The van der Waals surface area contributed by atoms with Crippen LogP contribution in [0.3, 0.4) is 0 Å². The van der Waals surface area contributed by atoms with Crippen molar-refractivity contribution in [3.63, 3.8) is 0 Å². The van der Waals surface area contributed by atoms with E-state index in [1.54, 1.807) is 12.1 Å². The SMILES string of the molecule is CC1CC(CN)CN1C(C)c1cc(O)ccc1O. The highest BCUT2D eigenvalue weighted by molar-refractivity contribution is 5.40. The summed E-state index contributed by atoms with van der Waals surface area (Å²) in [6, 6.07) is 5.23. The lowest BCUT2D eigenvalue weighted by molar-refractivity contribution is 0.197. The lowest BCUT2D eigenvalue weighted by Crippen LogP contribution is -2.30. The zero-order valence-electron chi connectivity index (χ0n) is 11.0. The van der Waals surface area contributed by atoms with Crippen molar-refractivity contribution in [2.45, 2.75) is 32.4 Å². The molecule has 1 heterocycles. The number of nitrogens with two attached hydrogens (primary N) is 1. The maximum atomic E-state index is 9.91. The summed E-state index contributed by atoms with van der Waals surface area (Å²) in [5.74, 6) is 0.961. The van der Waals surface area contributed by atoms with Gasteiger partial charge in [-0.15, -0.1) is 0 Å². The van der Waals surface area contributed by atoms with E-state index < -0.39 is 0 Å². The van der Waals surface area contributed by atoms with Crippen LogP contribution in [-0.4, -0.2) is 34.2 Å². The van der Waals surface area contributed by atoms with Gasteiger partial charge in [0.05, 0.1) is 0 Å². The molecule has 100 valence electrons. The van der Waals surface area contributed by atoms with E-state index in [0.717, 1.165) is 18.5 Å². The van der Waals surface area contributed by atoms with E-state index in [0.29, 0.717) is 18.5 Å². The summed E-state index contributed by atoms with van der Waals surface area (Å²) >= 11 is 0. The minimum absolute atomic E-state index is 0.0867. The second-order valence-electron chi connectivity index (χ2n) is 5.30. The van der Waals surface area contributed by atoms with Crippen LogP contribution in [0.25, 0.3) is 0 Å². The van der Waals surface area contributed by atoms with Gasteiger partial charge in [0.25, 0.3) is 0 Å². The molecule has 0 bridgehead atoms. The molecule has 0 radical (unpaired) electrons. The maximum Gasteiger partial charge on any atom is 0.120 e. The molecule has 4 heteroatoms. The molecule has 18 heavy (non-hydrogen) atoms. The van der Waals surface area contributed by atoms with Gasteiger partial charge < -0.3 is 15.9 Å². The summed E-state index contributed by atoms with van der Waals surface area (Å²) in [6.45, 7) is 5.91. The number of benzene rings is 1. The molecule has 1 aliphatic heterocycles. The zero-order valence-corrected chi connectivity index (χ0v) is 11.0. The number of phenols is 2. The molecule has 4 N–H and O–H groups in total. The number of aromatic hydroxyl groups is 2. The Labute approximate surface area is 108 Å². The molecule has 1 aliphatic rings. The Morgan fingerprint density at radius 1 is 1.44 bits per heavy atom. The minimum Gasteiger partial charge on any atom is -0.508 e. The molecule has 1 fully saturated rings. The van der Waals surface area contributed by atoms with Gasteiger partial charge in [-0.3, -0.25) is 4.90 Å². The molecular weight excluding hydrogens is 228 g/mol. The van der Waals surface area contributed by atoms with Gasteiger partial charge in [0.2, 0.25) is 0 Å². The molecule has 1 aromatic rings. The third-order valence-electron chi connectivity index (χ3n) is 4.00. The molecule has 2 rings (SSSR count). The Hall–Kier alpha value is -1.26. The van der Waals surface area contributed by atoms with E-state index in [4.69, 9.17) is 5.73 Å². The second-order valence-corrected chi connectivity index (χ2v) is 5.30. The van der Waals surface area contributed by atoms with Crippen LogP contribution in [0.15, 0.2) is 18.2 Å². The first kappa shape index (κ1) is 13.2. The second kappa shape index (κ2) is 5.16. The lowest BCUT2D eigenvalue weighted by atomic mass is 10.0. The number of nitrogens with zero attached hydrogens (tertiary/aromatic N) is 1. The minimum atomic E-state index is 0.0867. The van der Waals surface area contributed by atoms with Crippen LogP contribution >= 0.6 is 0 Å². The van der Waals surface area contributed by atoms with E-state index in [2.05, 4.69) is 18.7 Å². The molecule has 0 aromatic heterocycles. The summed E-state index contributed by atoms with van der Waals surface area (Å²) in [4.78, 5) is 2.34. The van der Waals surface area contributed by atoms with E-state index in [9.17, 15) is 10.2 Å². The molecule has 0 saturated carbocycles. The topological polar surface area (TPSA) is 69.7 Å². The summed E-state index contributed by atoms with van der Waals surface area (Å²) in [6.07, 6.45) is 1.10. The average Bonchev–Trinajstić information content (AvgIpc) is 2.73. The van der Waals surface area contributed by atoms with Crippen molar-refractivity contribution in [3.05, 3.63) is 23.8 Å². The third kappa shape index (κ3) is 2.44. The Morgan fingerprint density at radius 3 is 2.78 bits per heavy atom. The summed E-state index contributed by atoms with van der Waals surface area (Å²) < 4.78 is 0. The van der Waals surface area contributed by atoms with Gasteiger partial charge in [0, 0.05) is 24.2 Å².